The minimum absolute atomic E-state index is 0.0172. The molecule has 1 aromatic rings. The fraction of sp³-hybridized carbons (Fsp3) is 0.462. The molecule has 0 aromatic heterocycles. The van der Waals surface area contributed by atoms with E-state index in [1.807, 2.05) is 0 Å². The summed E-state index contributed by atoms with van der Waals surface area (Å²) in [6.45, 7) is 0. The highest BCUT2D eigenvalue weighted by atomic mass is 19.4. The molecule has 5 heteroatoms. The summed E-state index contributed by atoms with van der Waals surface area (Å²) in [6.07, 6.45) is -4.79. The molecule has 18 heavy (non-hydrogen) atoms. The number of aliphatic carboxylic acids is 1. The molecule has 1 saturated carbocycles. The summed E-state index contributed by atoms with van der Waals surface area (Å²) in [7, 11) is 0. The maximum atomic E-state index is 13.1. The van der Waals surface area contributed by atoms with Gasteiger partial charge in [0.15, 0.2) is 0 Å². The third kappa shape index (κ3) is 2.21. The number of carboxylic acid groups (broad SMARTS) is 1. The van der Waals surface area contributed by atoms with Gasteiger partial charge in [0.1, 0.15) is 0 Å². The highest BCUT2D eigenvalue weighted by molar-refractivity contribution is 5.68. The van der Waals surface area contributed by atoms with Crippen molar-refractivity contribution in [3.05, 3.63) is 35.9 Å². The first kappa shape index (κ1) is 12.9. The third-order valence-electron chi connectivity index (χ3n) is 3.60. The Morgan fingerprint density at radius 2 is 1.83 bits per heavy atom. The van der Waals surface area contributed by atoms with Gasteiger partial charge in [-0.15, -0.1) is 0 Å². The predicted octanol–water partition coefficient (Wildman–Crippen LogP) is 3.59. The first-order valence-corrected chi connectivity index (χ1v) is 5.70. The maximum absolute atomic E-state index is 13.1. The maximum Gasteiger partial charge on any atom is 0.395 e. The molecule has 1 N–H and O–H groups in total. The Balaban J connectivity index is 2.36. The predicted molar refractivity (Wildman–Crippen MR) is 59.2 cm³/mol. The number of hydrogen-bond donors (Lipinski definition) is 1. The molecule has 1 unspecified atom stereocenters. The third-order valence-corrected chi connectivity index (χ3v) is 3.60. The average Bonchev–Trinajstić information content (AvgIpc) is 3.07. The van der Waals surface area contributed by atoms with E-state index in [1.165, 1.54) is 0 Å². The molecular weight excluding hydrogens is 245 g/mol. The highest BCUT2D eigenvalue weighted by Crippen LogP contribution is 2.66. The van der Waals surface area contributed by atoms with Crippen LogP contribution in [0.1, 0.15) is 30.7 Å². The van der Waals surface area contributed by atoms with Crippen LogP contribution in [0.5, 0.6) is 0 Å². The quantitative estimate of drug-likeness (QED) is 0.896. The summed E-state index contributed by atoms with van der Waals surface area (Å²) in [6, 6.07) is 8.11. The molecule has 1 aliphatic carbocycles. The zero-order valence-electron chi connectivity index (χ0n) is 9.57. The van der Waals surface area contributed by atoms with Gasteiger partial charge >= 0.3 is 12.1 Å². The van der Waals surface area contributed by atoms with Crippen molar-refractivity contribution in [2.45, 2.75) is 31.4 Å². The van der Waals surface area contributed by atoms with Crippen LogP contribution in [0.2, 0.25) is 0 Å². The second kappa shape index (κ2) is 4.30. The Morgan fingerprint density at radius 1 is 1.28 bits per heavy atom. The van der Waals surface area contributed by atoms with Crippen molar-refractivity contribution in [2.24, 2.45) is 5.41 Å². The topological polar surface area (TPSA) is 37.3 Å². The van der Waals surface area contributed by atoms with Crippen LogP contribution in [0.15, 0.2) is 30.3 Å². The molecule has 0 aliphatic heterocycles. The molecule has 98 valence electrons. The standard InChI is InChI=1S/C13H13F3O2/c14-13(15,16)12(6-7-12)10(8-11(17)18)9-4-2-1-3-5-9/h1-5,10H,6-8H2,(H,17,18). The minimum Gasteiger partial charge on any atom is -0.481 e. The highest BCUT2D eigenvalue weighted by Gasteiger charge is 2.67. The van der Waals surface area contributed by atoms with E-state index >= 15 is 0 Å². The first-order chi connectivity index (χ1) is 8.37. The number of benzene rings is 1. The molecule has 0 heterocycles. The van der Waals surface area contributed by atoms with Gasteiger partial charge in [0.25, 0.3) is 0 Å². The lowest BCUT2D eigenvalue weighted by molar-refractivity contribution is -0.195. The number of carboxylic acids is 1. The lowest BCUT2D eigenvalue weighted by atomic mass is 9.80. The van der Waals surface area contributed by atoms with Gasteiger partial charge in [-0.25, -0.2) is 0 Å². The molecule has 2 rings (SSSR count). The van der Waals surface area contributed by atoms with E-state index in [9.17, 15) is 18.0 Å². The molecule has 1 aliphatic rings. The Kier molecular flexibility index (Phi) is 3.09. The minimum atomic E-state index is -4.34. The van der Waals surface area contributed by atoms with Gasteiger partial charge in [0.05, 0.1) is 11.8 Å². The van der Waals surface area contributed by atoms with Gasteiger partial charge in [-0.05, 0) is 18.4 Å². The largest absolute Gasteiger partial charge is 0.481 e. The van der Waals surface area contributed by atoms with Gasteiger partial charge in [-0.2, -0.15) is 13.2 Å². The zero-order valence-corrected chi connectivity index (χ0v) is 9.57. The molecule has 0 spiro atoms. The number of halogens is 3. The Morgan fingerprint density at radius 3 is 2.22 bits per heavy atom. The summed E-state index contributed by atoms with van der Waals surface area (Å²) < 4.78 is 39.3. The van der Waals surface area contributed by atoms with Crippen LogP contribution in [0.4, 0.5) is 13.2 Å². The van der Waals surface area contributed by atoms with Crippen LogP contribution in [0, 0.1) is 5.41 Å². The molecule has 1 fully saturated rings. The summed E-state index contributed by atoms with van der Waals surface area (Å²) >= 11 is 0. The van der Waals surface area contributed by atoms with Crippen molar-refractivity contribution < 1.29 is 23.1 Å². The Hall–Kier alpha value is -1.52. The van der Waals surface area contributed by atoms with Gasteiger partial charge in [0, 0.05) is 5.92 Å². The van der Waals surface area contributed by atoms with Gasteiger partial charge < -0.3 is 5.11 Å². The van der Waals surface area contributed by atoms with Crippen LogP contribution < -0.4 is 0 Å². The number of carbonyl (C=O) groups is 1. The summed E-state index contributed by atoms with van der Waals surface area (Å²) in [4.78, 5) is 10.8. The van der Waals surface area contributed by atoms with Crippen LogP contribution in [0.25, 0.3) is 0 Å². The van der Waals surface area contributed by atoms with E-state index in [0.717, 1.165) is 0 Å². The van der Waals surface area contributed by atoms with Crippen molar-refractivity contribution in [3.63, 3.8) is 0 Å². The van der Waals surface area contributed by atoms with Crippen molar-refractivity contribution in [3.8, 4) is 0 Å². The average molecular weight is 258 g/mol. The normalized spacial score (nSPS) is 19.3. The Bertz CT molecular complexity index is 435. The summed E-state index contributed by atoms with van der Waals surface area (Å²) in [5, 5.41) is 8.83. The Labute approximate surface area is 102 Å². The fourth-order valence-electron chi connectivity index (χ4n) is 2.46. The van der Waals surface area contributed by atoms with Gasteiger partial charge in [0.2, 0.25) is 0 Å². The number of hydrogen-bond acceptors (Lipinski definition) is 1. The lowest BCUT2D eigenvalue weighted by Crippen LogP contribution is -2.32. The molecule has 1 aromatic carbocycles. The first-order valence-electron chi connectivity index (χ1n) is 5.70. The van der Waals surface area contributed by atoms with Crippen molar-refractivity contribution >= 4 is 5.97 Å². The molecular formula is C13H13F3O2. The van der Waals surface area contributed by atoms with E-state index in [2.05, 4.69) is 0 Å². The summed E-state index contributed by atoms with van der Waals surface area (Å²) in [5.41, 5.74) is -1.39. The van der Waals surface area contributed by atoms with Gasteiger partial charge in [-0.1, -0.05) is 30.3 Å². The van der Waals surface area contributed by atoms with E-state index in [-0.39, 0.29) is 12.8 Å². The van der Waals surface area contributed by atoms with Crippen LogP contribution >= 0.6 is 0 Å². The molecule has 0 radical (unpaired) electrons. The second-order valence-electron chi connectivity index (χ2n) is 4.72. The van der Waals surface area contributed by atoms with E-state index < -0.39 is 29.9 Å². The van der Waals surface area contributed by atoms with Crippen LogP contribution in [-0.2, 0) is 4.79 Å². The molecule has 1 atom stereocenters. The second-order valence-corrected chi connectivity index (χ2v) is 4.72. The van der Waals surface area contributed by atoms with Gasteiger partial charge in [-0.3, -0.25) is 4.79 Å². The van der Waals surface area contributed by atoms with Crippen molar-refractivity contribution in [1.29, 1.82) is 0 Å². The molecule has 0 saturated heterocycles. The van der Waals surface area contributed by atoms with Crippen LogP contribution in [0.3, 0.4) is 0 Å². The number of rotatable bonds is 4. The number of alkyl halides is 3. The van der Waals surface area contributed by atoms with Crippen molar-refractivity contribution in [2.75, 3.05) is 0 Å². The van der Waals surface area contributed by atoms with Crippen molar-refractivity contribution in [1.82, 2.24) is 0 Å². The van der Waals surface area contributed by atoms with Crippen LogP contribution in [-0.4, -0.2) is 17.3 Å². The SMILES string of the molecule is O=C(O)CC(c1ccccc1)C1(C(F)(F)F)CC1. The lowest BCUT2D eigenvalue weighted by Gasteiger charge is -2.28. The van der Waals surface area contributed by atoms with E-state index in [4.69, 9.17) is 5.11 Å². The molecule has 2 nitrogen and oxygen atoms in total. The fourth-order valence-corrected chi connectivity index (χ4v) is 2.46. The smallest absolute Gasteiger partial charge is 0.395 e. The molecule has 0 amide bonds. The van der Waals surface area contributed by atoms with E-state index in [1.54, 1.807) is 30.3 Å². The zero-order chi connectivity index (χ0) is 13.4. The molecule has 0 bridgehead atoms. The monoisotopic (exact) mass is 258 g/mol. The summed E-state index contributed by atoms with van der Waals surface area (Å²) in [5.74, 6) is -2.18. The van der Waals surface area contributed by atoms with E-state index in [0.29, 0.717) is 5.56 Å².